The summed E-state index contributed by atoms with van der Waals surface area (Å²) in [5, 5.41) is 2.73. The highest BCUT2D eigenvalue weighted by Gasteiger charge is 2.07. The van der Waals surface area contributed by atoms with Gasteiger partial charge in [-0.05, 0) is 47.6 Å². The molecule has 0 saturated carbocycles. The van der Waals surface area contributed by atoms with Crippen molar-refractivity contribution < 1.29 is 9.18 Å². The lowest BCUT2D eigenvalue weighted by atomic mass is 10.2. The highest BCUT2D eigenvalue weighted by Crippen LogP contribution is 2.17. The van der Waals surface area contributed by atoms with Gasteiger partial charge in [0, 0.05) is 13.1 Å². The minimum atomic E-state index is -0.278. The quantitative estimate of drug-likeness (QED) is 0.904. The Hall–Kier alpha value is -0.940. The molecule has 1 amide bonds. The predicted molar refractivity (Wildman–Crippen MR) is 69.1 cm³/mol. The smallest absolute Gasteiger partial charge is 0.234 e. The van der Waals surface area contributed by atoms with Crippen LogP contribution in [0, 0.1) is 5.82 Å². The topological polar surface area (TPSA) is 32.3 Å². The maximum atomic E-state index is 13.0. The van der Waals surface area contributed by atoms with E-state index in [4.69, 9.17) is 0 Å². The van der Waals surface area contributed by atoms with Crippen LogP contribution >= 0.6 is 15.9 Å². The second-order valence-corrected chi connectivity index (χ2v) is 4.73. The lowest BCUT2D eigenvalue weighted by Crippen LogP contribution is -2.34. The van der Waals surface area contributed by atoms with Crippen molar-refractivity contribution in [2.75, 3.05) is 20.1 Å². The van der Waals surface area contributed by atoms with E-state index in [9.17, 15) is 9.18 Å². The first-order chi connectivity index (χ1) is 8.02. The summed E-state index contributed by atoms with van der Waals surface area (Å²) in [6, 6.07) is 4.86. The average molecular weight is 303 g/mol. The van der Waals surface area contributed by atoms with Gasteiger partial charge in [-0.25, -0.2) is 4.39 Å². The van der Waals surface area contributed by atoms with E-state index in [2.05, 4.69) is 21.2 Å². The molecule has 0 saturated heterocycles. The Balaban J connectivity index is 2.53. The molecule has 1 aromatic rings. The fourth-order valence-corrected chi connectivity index (χ4v) is 1.93. The van der Waals surface area contributed by atoms with Gasteiger partial charge in [-0.15, -0.1) is 0 Å². The first-order valence-corrected chi connectivity index (χ1v) is 6.21. The van der Waals surface area contributed by atoms with Crippen molar-refractivity contribution in [3.63, 3.8) is 0 Å². The van der Waals surface area contributed by atoms with Crippen LogP contribution in [0.1, 0.15) is 12.5 Å². The van der Waals surface area contributed by atoms with Crippen LogP contribution < -0.4 is 5.32 Å². The molecule has 0 aliphatic carbocycles. The average Bonchev–Trinajstić information content (AvgIpc) is 2.23. The normalized spacial score (nSPS) is 10.6. The maximum Gasteiger partial charge on any atom is 0.234 e. The van der Waals surface area contributed by atoms with Gasteiger partial charge in [0.05, 0.1) is 11.0 Å². The van der Waals surface area contributed by atoms with Crippen molar-refractivity contribution in [3.8, 4) is 0 Å². The molecule has 17 heavy (non-hydrogen) atoms. The van der Waals surface area contributed by atoms with Crippen LogP contribution in [0.2, 0.25) is 0 Å². The van der Waals surface area contributed by atoms with Gasteiger partial charge in [0.25, 0.3) is 0 Å². The Morgan fingerprint density at radius 1 is 1.53 bits per heavy atom. The highest BCUT2D eigenvalue weighted by molar-refractivity contribution is 9.10. The van der Waals surface area contributed by atoms with Gasteiger partial charge in [0.1, 0.15) is 5.82 Å². The molecule has 1 N–H and O–H groups in total. The molecule has 0 unspecified atom stereocenters. The lowest BCUT2D eigenvalue weighted by molar-refractivity contribution is -0.121. The number of carbonyl (C=O) groups excluding carboxylic acids is 1. The van der Waals surface area contributed by atoms with E-state index in [1.165, 1.54) is 6.07 Å². The summed E-state index contributed by atoms with van der Waals surface area (Å²) in [5.41, 5.74) is 0.963. The Bertz CT molecular complexity index is 398. The van der Waals surface area contributed by atoms with Gasteiger partial charge >= 0.3 is 0 Å². The van der Waals surface area contributed by atoms with Gasteiger partial charge in [0.2, 0.25) is 5.91 Å². The van der Waals surface area contributed by atoms with E-state index in [1.54, 1.807) is 12.1 Å². The van der Waals surface area contributed by atoms with Crippen molar-refractivity contribution >= 4 is 21.8 Å². The number of nitrogens with one attached hydrogen (secondary N) is 1. The first kappa shape index (κ1) is 14.1. The summed E-state index contributed by atoms with van der Waals surface area (Å²) < 4.78 is 13.5. The number of hydrogen-bond acceptors (Lipinski definition) is 2. The van der Waals surface area contributed by atoms with Gasteiger partial charge in [-0.3, -0.25) is 9.69 Å². The zero-order valence-corrected chi connectivity index (χ0v) is 11.6. The van der Waals surface area contributed by atoms with Crippen LogP contribution in [-0.4, -0.2) is 30.9 Å². The second-order valence-electron chi connectivity index (χ2n) is 3.87. The number of carbonyl (C=O) groups is 1. The molecule has 0 bridgehead atoms. The molecule has 0 aromatic heterocycles. The molecule has 0 aliphatic heterocycles. The predicted octanol–water partition coefficient (Wildman–Crippen LogP) is 2.16. The van der Waals surface area contributed by atoms with Gasteiger partial charge in [0.15, 0.2) is 0 Å². The highest BCUT2D eigenvalue weighted by atomic mass is 79.9. The molecule has 1 rings (SSSR count). The molecule has 5 heteroatoms. The molecular formula is C12H16BrFN2O. The fraction of sp³-hybridized carbons (Fsp3) is 0.417. The zero-order valence-electron chi connectivity index (χ0n) is 9.96. The van der Waals surface area contributed by atoms with Crippen LogP contribution in [-0.2, 0) is 11.3 Å². The van der Waals surface area contributed by atoms with E-state index in [0.717, 1.165) is 5.56 Å². The third-order valence-electron chi connectivity index (χ3n) is 2.22. The summed E-state index contributed by atoms with van der Waals surface area (Å²) in [6.07, 6.45) is 0. The van der Waals surface area contributed by atoms with Crippen LogP contribution in [0.4, 0.5) is 4.39 Å². The number of rotatable bonds is 5. The molecule has 3 nitrogen and oxygen atoms in total. The Morgan fingerprint density at radius 2 is 2.24 bits per heavy atom. The maximum absolute atomic E-state index is 13.0. The summed E-state index contributed by atoms with van der Waals surface area (Å²) in [4.78, 5) is 13.2. The number of halogens is 2. The largest absolute Gasteiger partial charge is 0.355 e. The van der Waals surface area contributed by atoms with Crippen molar-refractivity contribution in [1.82, 2.24) is 10.2 Å². The fourth-order valence-electron chi connectivity index (χ4n) is 1.50. The third kappa shape index (κ3) is 4.83. The molecule has 94 valence electrons. The third-order valence-corrected chi connectivity index (χ3v) is 2.83. The zero-order chi connectivity index (χ0) is 12.8. The standard InChI is InChI=1S/C12H16BrFN2O/c1-3-15-12(17)8-16(2)7-9-4-5-11(14)10(13)6-9/h4-6H,3,7-8H2,1-2H3,(H,15,17). The monoisotopic (exact) mass is 302 g/mol. The van der Waals surface area contributed by atoms with E-state index in [1.807, 2.05) is 18.9 Å². The van der Waals surface area contributed by atoms with E-state index in [0.29, 0.717) is 24.1 Å². The molecule has 0 aliphatic rings. The molecule has 0 heterocycles. The molecular weight excluding hydrogens is 287 g/mol. The van der Waals surface area contributed by atoms with Gasteiger partial charge < -0.3 is 5.32 Å². The summed E-state index contributed by atoms with van der Waals surface area (Å²) in [7, 11) is 1.85. The lowest BCUT2D eigenvalue weighted by Gasteiger charge is -2.16. The molecule has 0 atom stereocenters. The minimum absolute atomic E-state index is 0.00354. The van der Waals surface area contributed by atoms with Gasteiger partial charge in [-0.1, -0.05) is 6.07 Å². The van der Waals surface area contributed by atoms with Crippen LogP contribution in [0.15, 0.2) is 22.7 Å². The SMILES string of the molecule is CCNC(=O)CN(C)Cc1ccc(F)c(Br)c1. The van der Waals surface area contributed by atoms with Gasteiger partial charge in [-0.2, -0.15) is 0 Å². The Morgan fingerprint density at radius 3 is 2.82 bits per heavy atom. The van der Waals surface area contributed by atoms with Crippen molar-refractivity contribution in [2.45, 2.75) is 13.5 Å². The Labute approximate surface area is 109 Å². The molecule has 0 spiro atoms. The van der Waals surface area contributed by atoms with Crippen molar-refractivity contribution in [1.29, 1.82) is 0 Å². The molecule has 0 radical (unpaired) electrons. The van der Waals surface area contributed by atoms with E-state index >= 15 is 0 Å². The summed E-state index contributed by atoms with van der Waals surface area (Å²) in [5.74, 6) is -0.281. The van der Waals surface area contributed by atoms with Crippen molar-refractivity contribution in [3.05, 3.63) is 34.1 Å². The Kier molecular flexibility index (Phi) is 5.58. The summed E-state index contributed by atoms with van der Waals surface area (Å²) >= 11 is 3.14. The van der Waals surface area contributed by atoms with Crippen LogP contribution in [0.25, 0.3) is 0 Å². The molecule has 1 aromatic carbocycles. The van der Waals surface area contributed by atoms with E-state index < -0.39 is 0 Å². The number of hydrogen-bond donors (Lipinski definition) is 1. The summed E-state index contributed by atoms with van der Waals surface area (Å²) in [6.45, 7) is 3.46. The number of amides is 1. The first-order valence-electron chi connectivity index (χ1n) is 5.42. The molecule has 0 fully saturated rings. The number of benzene rings is 1. The number of nitrogens with zero attached hydrogens (tertiary/aromatic N) is 1. The van der Waals surface area contributed by atoms with Crippen molar-refractivity contribution in [2.24, 2.45) is 0 Å². The van der Waals surface area contributed by atoms with Crippen LogP contribution in [0.5, 0.6) is 0 Å². The number of likely N-dealkylation sites (N-methyl/N-ethyl adjacent to an activating group) is 2. The second kappa shape index (κ2) is 6.71. The minimum Gasteiger partial charge on any atom is -0.355 e. The van der Waals surface area contributed by atoms with Crippen LogP contribution in [0.3, 0.4) is 0 Å². The van der Waals surface area contributed by atoms with E-state index in [-0.39, 0.29) is 11.7 Å².